The maximum Gasteiger partial charge on any atom is 0.336 e. The zero-order valence-electron chi connectivity index (χ0n) is 16.3. The minimum absolute atomic E-state index is 0.0335. The Labute approximate surface area is 179 Å². The number of rotatable bonds is 3. The first kappa shape index (κ1) is 19.3. The summed E-state index contributed by atoms with van der Waals surface area (Å²) in [6.07, 6.45) is 0. The van der Waals surface area contributed by atoms with E-state index < -0.39 is 11.9 Å². The van der Waals surface area contributed by atoms with Crippen molar-refractivity contribution in [3.05, 3.63) is 88.1 Å². The van der Waals surface area contributed by atoms with Crippen LogP contribution in [0.5, 0.6) is 5.75 Å². The molecular formula is C25H14O7. The van der Waals surface area contributed by atoms with Crippen LogP contribution < -0.4 is 5.43 Å². The number of carboxylic acids is 2. The van der Waals surface area contributed by atoms with E-state index in [0.717, 1.165) is 11.5 Å². The molecule has 0 atom stereocenters. The number of phenolic OH excluding ortho intramolecular Hbond substituents is 1. The number of hydrogen-bond donors (Lipinski definition) is 3. The summed E-state index contributed by atoms with van der Waals surface area (Å²) in [7, 11) is 0. The second-order valence-electron chi connectivity index (χ2n) is 7.39. The SMILES string of the molecule is O=C(O)c1ccc(-c2c3ccc(O)cc3oc3cc4cc(=O)ccc4cc23)c(C(=O)O)c1. The Morgan fingerprint density at radius 3 is 2.25 bits per heavy atom. The van der Waals surface area contributed by atoms with Crippen LogP contribution in [0.3, 0.4) is 0 Å². The number of phenols is 1. The van der Waals surface area contributed by atoms with E-state index in [1.54, 1.807) is 24.3 Å². The number of hydrogen-bond acceptors (Lipinski definition) is 5. The van der Waals surface area contributed by atoms with Gasteiger partial charge in [-0.3, -0.25) is 4.79 Å². The molecule has 1 aromatic heterocycles. The van der Waals surface area contributed by atoms with Gasteiger partial charge in [0, 0.05) is 22.4 Å². The highest BCUT2D eigenvalue weighted by atomic mass is 16.4. The van der Waals surface area contributed by atoms with Crippen molar-refractivity contribution < 1.29 is 29.3 Å². The van der Waals surface area contributed by atoms with E-state index in [9.17, 15) is 29.7 Å². The van der Waals surface area contributed by atoms with Gasteiger partial charge in [-0.1, -0.05) is 12.1 Å². The van der Waals surface area contributed by atoms with Gasteiger partial charge in [-0.25, -0.2) is 9.59 Å². The third-order valence-corrected chi connectivity index (χ3v) is 5.40. The average molecular weight is 426 g/mol. The molecule has 0 saturated carbocycles. The third-order valence-electron chi connectivity index (χ3n) is 5.40. The van der Waals surface area contributed by atoms with Gasteiger partial charge < -0.3 is 19.7 Å². The monoisotopic (exact) mass is 426 g/mol. The second-order valence-corrected chi connectivity index (χ2v) is 7.39. The second kappa shape index (κ2) is 6.95. The molecule has 156 valence electrons. The van der Waals surface area contributed by atoms with Gasteiger partial charge in [0.15, 0.2) is 5.43 Å². The minimum Gasteiger partial charge on any atom is -0.508 e. The van der Waals surface area contributed by atoms with Crippen molar-refractivity contribution >= 4 is 44.6 Å². The number of aromatic carboxylic acids is 2. The summed E-state index contributed by atoms with van der Waals surface area (Å²) < 4.78 is 6.00. The van der Waals surface area contributed by atoms with E-state index >= 15 is 0 Å². The molecule has 0 aliphatic carbocycles. The molecule has 32 heavy (non-hydrogen) atoms. The number of fused-ring (bicyclic) bond motifs is 3. The molecule has 7 heteroatoms. The summed E-state index contributed by atoms with van der Waals surface area (Å²) in [4.78, 5) is 35.2. The van der Waals surface area contributed by atoms with E-state index in [1.165, 1.54) is 36.4 Å². The van der Waals surface area contributed by atoms with Gasteiger partial charge in [-0.2, -0.15) is 0 Å². The van der Waals surface area contributed by atoms with Crippen LogP contribution in [0.2, 0.25) is 0 Å². The Hall–Kier alpha value is -4.65. The highest BCUT2D eigenvalue weighted by Gasteiger charge is 2.21. The molecule has 1 heterocycles. The lowest BCUT2D eigenvalue weighted by atomic mass is 9.91. The molecule has 7 nitrogen and oxygen atoms in total. The number of carboxylic acid groups (broad SMARTS) is 2. The highest BCUT2D eigenvalue weighted by Crippen LogP contribution is 2.40. The molecular weight excluding hydrogens is 412 g/mol. The largest absolute Gasteiger partial charge is 0.508 e. The molecule has 0 aliphatic heterocycles. The van der Waals surface area contributed by atoms with Gasteiger partial charge >= 0.3 is 11.9 Å². The summed E-state index contributed by atoms with van der Waals surface area (Å²) in [6, 6.07) is 16.5. The zero-order valence-corrected chi connectivity index (χ0v) is 16.3. The molecule has 5 rings (SSSR count). The zero-order chi connectivity index (χ0) is 22.6. The molecule has 0 saturated heterocycles. The van der Waals surface area contributed by atoms with Gasteiger partial charge in [0.1, 0.15) is 16.9 Å². The van der Waals surface area contributed by atoms with Crippen molar-refractivity contribution in [2.45, 2.75) is 0 Å². The molecule has 3 N–H and O–H groups in total. The molecule has 0 radical (unpaired) electrons. The van der Waals surface area contributed by atoms with E-state index in [2.05, 4.69) is 0 Å². The van der Waals surface area contributed by atoms with Crippen LogP contribution in [-0.4, -0.2) is 27.3 Å². The number of aromatic hydroxyl groups is 1. The maximum absolute atomic E-state index is 12.1. The first-order chi connectivity index (χ1) is 15.3. The van der Waals surface area contributed by atoms with Crippen molar-refractivity contribution in [1.29, 1.82) is 0 Å². The van der Waals surface area contributed by atoms with Gasteiger partial charge in [0.25, 0.3) is 0 Å². The van der Waals surface area contributed by atoms with Crippen LogP contribution >= 0.6 is 0 Å². The fraction of sp³-hybridized carbons (Fsp3) is 0. The molecule has 0 bridgehead atoms. The first-order valence-corrected chi connectivity index (χ1v) is 9.56. The predicted molar refractivity (Wildman–Crippen MR) is 119 cm³/mol. The Morgan fingerprint density at radius 2 is 1.50 bits per heavy atom. The van der Waals surface area contributed by atoms with Crippen molar-refractivity contribution in [2.24, 2.45) is 0 Å². The summed E-state index contributed by atoms with van der Waals surface area (Å²) in [6.45, 7) is 0. The fourth-order valence-corrected chi connectivity index (χ4v) is 3.96. The normalized spacial score (nSPS) is 11.2. The molecule has 0 spiro atoms. The summed E-state index contributed by atoms with van der Waals surface area (Å²) in [5.41, 5.74) is 1.03. The van der Waals surface area contributed by atoms with Crippen LogP contribution in [0, 0.1) is 0 Å². The lowest BCUT2D eigenvalue weighted by Crippen LogP contribution is -2.05. The van der Waals surface area contributed by atoms with Crippen molar-refractivity contribution in [3.63, 3.8) is 0 Å². The number of benzene rings is 4. The summed E-state index contributed by atoms with van der Waals surface area (Å²) in [5, 5.41) is 31.6. The minimum atomic E-state index is -1.28. The third kappa shape index (κ3) is 3.04. The molecule has 5 aromatic rings. The molecule has 0 amide bonds. The molecule has 0 fully saturated rings. The van der Waals surface area contributed by atoms with Crippen molar-refractivity contribution in [1.82, 2.24) is 0 Å². The molecule has 0 unspecified atom stereocenters. The summed E-state index contributed by atoms with van der Waals surface area (Å²) >= 11 is 0. The van der Waals surface area contributed by atoms with Crippen LogP contribution in [0.1, 0.15) is 20.7 Å². The van der Waals surface area contributed by atoms with E-state index in [1.807, 2.05) is 0 Å². The quantitative estimate of drug-likeness (QED) is 0.352. The Balaban J connectivity index is 1.98. The van der Waals surface area contributed by atoms with E-state index in [4.69, 9.17) is 4.42 Å². The van der Waals surface area contributed by atoms with Gasteiger partial charge in [0.05, 0.1) is 11.1 Å². The number of carbonyl (C=O) groups is 2. The van der Waals surface area contributed by atoms with Crippen molar-refractivity contribution in [3.8, 4) is 16.9 Å². The fourth-order valence-electron chi connectivity index (χ4n) is 3.96. The topological polar surface area (TPSA) is 125 Å². The Bertz CT molecular complexity index is 1660. The molecule has 0 aliphatic rings. The highest BCUT2D eigenvalue weighted by molar-refractivity contribution is 6.14. The van der Waals surface area contributed by atoms with Crippen LogP contribution in [0.4, 0.5) is 0 Å². The smallest absolute Gasteiger partial charge is 0.336 e. The van der Waals surface area contributed by atoms with E-state index in [0.29, 0.717) is 38.5 Å². The first-order valence-electron chi connectivity index (χ1n) is 9.56. The predicted octanol–water partition coefficient (Wildman–Crippen LogP) is 4.87. The standard InChI is InChI=1S/C25H14O7/c26-15-3-1-12-8-20-21(10-14(12)7-15)32-22-11-16(27)4-6-18(22)23(20)17-5-2-13(24(28)29)9-19(17)25(30)31/h1-11,27H,(H,28,29)(H,30,31). The van der Waals surface area contributed by atoms with Crippen LogP contribution in [0.15, 0.2) is 75.9 Å². The Kier molecular flexibility index (Phi) is 4.20. The van der Waals surface area contributed by atoms with Gasteiger partial charge in [-0.15, -0.1) is 0 Å². The lowest BCUT2D eigenvalue weighted by Gasteiger charge is -2.15. The molecule has 4 aromatic carbocycles. The average Bonchev–Trinajstić information content (AvgIpc) is 2.75. The van der Waals surface area contributed by atoms with Gasteiger partial charge in [-0.05, 0) is 64.9 Å². The lowest BCUT2D eigenvalue weighted by molar-refractivity contribution is 0.0696. The Morgan fingerprint density at radius 1 is 0.719 bits per heavy atom. The maximum atomic E-state index is 12.1. The van der Waals surface area contributed by atoms with Gasteiger partial charge in [0.2, 0.25) is 0 Å². The van der Waals surface area contributed by atoms with Crippen LogP contribution in [0.25, 0.3) is 43.8 Å². The van der Waals surface area contributed by atoms with Crippen LogP contribution in [-0.2, 0) is 0 Å². The van der Waals surface area contributed by atoms with Crippen molar-refractivity contribution in [2.75, 3.05) is 0 Å². The van der Waals surface area contributed by atoms with E-state index in [-0.39, 0.29) is 22.3 Å². The summed E-state index contributed by atoms with van der Waals surface area (Å²) in [5.74, 6) is -2.55.